The number of fused-ring (bicyclic) bond motifs is 1. The molecule has 0 bridgehead atoms. The monoisotopic (exact) mass is 308 g/mol. The van der Waals surface area contributed by atoms with Crippen molar-refractivity contribution in [1.29, 1.82) is 0 Å². The van der Waals surface area contributed by atoms with Gasteiger partial charge in [0.05, 0.1) is 5.52 Å². The van der Waals surface area contributed by atoms with E-state index >= 15 is 0 Å². The van der Waals surface area contributed by atoms with Crippen LogP contribution in [0.25, 0.3) is 10.9 Å². The van der Waals surface area contributed by atoms with Crippen LogP contribution < -0.4 is 10.2 Å². The fourth-order valence-electron chi connectivity index (χ4n) is 3.11. The minimum absolute atomic E-state index is 0.258. The Bertz CT molecular complexity index is 822. The average molecular weight is 308 g/mol. The number of halogens is 1. The molecule has 4 rings (SSSR count). The molecule has 1 aliphatic rings. The number of benzene rings is 2. The van der Waals surface area contributed by atoms with Gasteiger partial charge in [0.2, 0.25) is 0 Å². The Morgan fingerprint density at radius 3 is 2.83 bits per heavy atom. The van der Waals surface area contributed by atoms with Gasteiger partial charge in [0.25, 0.3) is 0 Å². The van der Waals surface area contributed by atoms with Crippen molar-refractivity contribution in [3.63, 3.8) is 0 Å². The van der Waals surface area contributed by atoms with E-state index in [1.165, 1.54) is 12.1 Å². The summed E-state index contributed by atoms with van der Waals surface area (Å²) in [6.07, 6.45) is 2.57. The molecule has 0 aliphatic carbocycles. The van der Waals surface area contributed by atoms with Gasteiger partial charge >= 0.3 is 0 Å². The van der Waals surface area contributed by atoms with Crippen molar-refractivity contribution in [3.05, 3.63) is 60.7 Å². The maximum Gasteiger partial charge on any atom is 0.140 e. The predicted octanol–water partition coefficient (Wildman–Crippen LogP) is 3.46. The van der Waals surface area contributed by atoms with Gasteiger partial charge in [-0.05, 0) is 36.8 Å². The number of aromatic nitrogens is 2. The second-order valence-corrected chi connectivity index (χ2v) is 5.80. The van der Waals surface area contributed by atoms with Gasteiger partial charge in [-0.1, -0.05) is 18.2 Å². The first kappa shape index (κ1) is 13.9. The fraction of sp³-hybridized carbons (Fsp3) is 0.222. The lowest BCUT2D eigenvalue weighted by Gasteiger charge is -2.19. The Morgan fingerprint density at radius 2 is 1.96 bits per heavy atom. The van der Waals surface area contributed by atoms with Gasteiger partial charge in [0.1, 0.15) is 18.0 Å². The zero-order valence-corrected chi connectivity index (χ0v) is 12.6. The molecule has 5 heteroatoms. The van der Waals surface area contributed by atoms with Crippen LogP contribution in [-0.2, 0) is 0 Å². The lowest BCUT2D eigenvalue weighted by Crippen LogP contribution is -2.26. The Labute approximate surface area is 134 Å². The number of rotatable bonds is 3. The molecule has 0 spiro atoms. The summed E-state index contributed by atoms with van der Waals surface area (Å²) >= 11 is 0. The van der Waals surface area contributed by atoms with Crippen molar-refractivity contribution in [2.45, 2.75) is 12.5 Å². The summed E-state index contributed by atoms with van der Waals surface area (Å²) in [5.41, 5.74) is 1.90. The second kappa shape index (κ2) is 5.83. The molecule has 23 heavy (non-hydrogen) atoms. The van der Waals surface area contributed by atoms with Crippen LogP contribution in [0.3, 0.4) is 0 Å². The van der Waals surface area contributed by atoms with Crippen LogP contribution in [0.15, 0.2) is 54.9 Å². The molecule has 1 atom stereocenters. The zero-order chi connectivity index (χ0) is 15.6. The summed E-state index contributed by atoms with van der Waals surface area (Å²) in [7, 11) is 0. The minimum atomic E-state index is -0.258. The Kier molecular flexibility index (Phi) is 3.54. The summed E-state index contributed by atoms with van der Waals surface area (Å²) in [6.45, 7) is 1.74. The number of hydrogen-bond donors (Lipinski definition) is 1. The second-order valence-electron chi connectivity index (χ2n) is 5.80. The number of hydrogen-bond acceptors (Lipinski definition) is 4. The maximum absolute atomic E-state index is 13.6. The first-order chi connectivity index (χ1) is 11.3. The van der Waals surface area contributed by atoms with E-state index in [0.717, 1.165) is 41.9 Å². The third kappa shape index (κ3) is 2.82. The smallest absolute Gasteiger partial charge is 0.140 e. The van der Waals surface area contributed by atoms with E-state index in [-0.39, 0.29) is 5.82 Å². The molecule has 0 radical (unpaired) electrons. The van der Waals surface area contributed by atoms with Crippen molar-refractivity contribution in [3.8, 4) is 0 Å². The summed E-state index contributed by atoms with van der Waals surface area (Å²) in [4.78, 5) is 10.8. The Balaban J connectivity index is 1.57. The standard InChI is InChI=1S/C18H17FN4/c19-13-6-7-17-16(10-13)18(21-12-20-17)23-9-8-15(11-23)22-14-4-2-1-3-5-14/h1-7,10,12,15,22H,8-9,11H2. The van der Waals surface area contributed by atoms with Gasteiger partial charge in [-0.3, -0.25) is 0 Å². The van der Waals surface area contributed by atoms with Crippen LogP contribution in [0, 0.1) is 5.82 Å². The highest BCUT2D eigenvalue weighted by atomic mass is 19.1. The van der Waals surface area contributed by atoms with Crippen molar-refractivity contribution in [1.82, 2.24) is 9.97 Å². The van der Waals surface area contributed by atoms with Crippen LogP contribution >= 0.6 is 0 Å². The highest BCUT2D eigenvalue weighted by Gasteiger charge is 2.24. The Hall–Kier alpha value is -2.69. The quantitative estimate of drug-likeness (QED) is 0.804. The fourth-order valence-corrected chi connectivity index (χ4v) is 3.11. The van der Waals surface area contributed by atoms with E-state index in [4.69, 9.17) is 0 Å². The summed E-state index contributed by atoms with van der Waals surface area (Å²) in [5, 5.41) is 4.31. The van der Waals surface area contributed by atoms with E-state index in [2.05, 4.69) is 32.3 Å². The summed E-state index contributed by atoms with van der Waals surface area (Å²) in [6, 6.07) is 15.2. The van der Waals surface area contributed by atoms with Crippen molar-refractivity contribution in [2.24, 2.45) is 0 Å². The first-order valence-corrected chi connectivity index (χ1v) is 7.76. The minimum Gasteiger partial charge on any atom is -0.380 e. The third-order valence-corrected chi connectivity index (χ3v) is 4.21. The molecule has 116 valence electrons. The molecule has 0 amide bonds. The maximum atomic E-state index is 13.6. The SMILES string of the molecule is Fc1ccc2ncnc(N3CCC(Nc4ccccc4)C3)c2c1. The highest BCUT2D eigenvalue weighted by molar-refractivity contribution is 5.89. The van der Waals surface area contributed by atoms with E-state index in [0.29, 0.717) is 6.04 Å². The molecule has 1 unspecified atom stereocenters. The molecule has 1 N–H and O–H groups in total. The molecule has 0 saturated carbocycles. The lowest BCUT2D eigenvalue weighted by molar-refractivity contribution is 0.629. The predicted molar refractivity (Wildman–Crippen MR) is 90.2 cm³/mol. The van der Waals surface area contributed by atoms with Gasteiger partial charge in [-0.2, -0.15) is 0 Å². The average Bonchev–Trinajstić information content (AvgIpc) is 3.03. The third-order valence-electron chi connectivity index (χ3n) is 4.21. The molecular formula is C18H17FN4. The van der Waals surface area contributed by atoms with Crippen LogP contribution in [0.2, 0.25) is 0 Å². The van der Waals surface area contributed by atoms with Crippen molar-refractivity contribution < 1.29 is 4.39 Å². The highest BCUT2D eigenvalue weighted by Crippen LogP contribution is 2.27. The lowest BCUT2D eigenvalue weighted by atomic mass is 10.2. The van der Waals surface area contributed by atoms with Gasteiger partial charge in [0.15, 0.2) is 0 Å². The largest absolute Gasteiger partial charge is 0.380 e. The van der Waals surface area contributed by atoms with Gasteiger partial charge < -0.3 is 10.2 Å². The number of nitrogens with one attached hydrogen (secondary N) is 1. The number of nitrogens with zero attached hydrogens (tertiary/aromatic N) is 3. The van der Waals surface area contributed by atoms with E-state index < -0.39 is 0 Å². The molecule has 1 aromatic heterocycles. The normalized spacial score (nSPS) is 17.6. The molecule has 2 aromatic carbocycles. The van der Waals surface area contributed by atoms with Gasteiger partial charge in [-0.15, -0.1) is 0 Å². The van der Waals surface area contributed by atoms with E-state index in [1.54, 1.807) is 12.4 Å². The van der Waals surface area contributed by atoms with Crippen LogP contribution in [0.5, 0.6) is 0 Å². The van der Waals surface area contributed by atoms with Crippen LogP contribution in [0.4, 0.5) is 15.9 Å². The summed E-state index contributed by atoms with van der Waals surface area (Å²) < 4.78 is 13.6. The van der Waals surface area contributed by atoms with Crippen LogP contribution in [0.1, 0.15) is 6.42 Å². The van der Waals surface area contributed by atoms with Gasteiger partial charge in [0, 0.05) is 30.2 Å². The molecule has 3 aromatic rings. The zero-order valence-electron chi connectivity index (χ0n) is 12.6. The number of anilines is 2. The molecule has 1 fully saturated rings. The number of para-hydroxylation sites is 1. The Morgan fingerprint density at radius 1 is 1.09 bits per heavy atom. The topological polar surface area (TPSA) is 41.1 Å². The van der Waals surface area contributed by atoms with Crippen LogP contribution in [-0.4, -0.2) is 29.1 Å². The molecule has 2 heterocycles. The van der Waals surface area contributed by atoms with Gasteiger partial charge in [-0.25, -0.2) is 14.4 Å². The summed E-state index contributed by atoms with van der Waals surface area (Å²) in [5.74, 6) is 0.554. The van der Waals surface area contributed by atoms with E-state index in [9.17, 15) is 4.39 Å². The molecule has 1 aliphatic heterocycles. The van der Waals surface area contributed by atoms with E-state index in [1.807, 2.05) is 18.2 Å². The molecular weight excluding hydrogens is 291 g/mol. The molecule has 1 saturated heterocycles. The van der Waals surface area contributed by atoms with Crippen molar-refractivity contribution in [2.75, 3.05) is 23.3 Å². The molecule has 4 nitrogen and oxygen atoms in total. The first-order valence-electron chi connectivity index (χ1n) is 7.76. The van der Waals surface area contributed by atoms with Crippen molar-refractivity contribution >= 4 is 22.4 Å².